The van der Waals surface area contributed by atoms with E-state index in [0.29, 0.717) is 16.4 Å². The number of benzene rings is 3. The van der Waals surface area contributed by atoms with Crippen LogP contribution >= 0.6 is 11.6 Å². The third-order valence-electron chi connectivity index (χ3n) is 6.57. The van der Waals surface area contributed by atoms with E-state index in [2.05, 4.69) is 69.8 Å². The average Bonchev–Trinajstić information content (AvgIpc) is 3.01. The summed E-state index contributed by atoms with van der Waals surface area (Å²) in [7, 11) is 0. The molecule has 6 rings (SSSR count). The van der Waals surface area contributed by atoms with Gasteiger partial charge >= 0.3 is 0 Å². The summed E-state index contributed by atoms with van der Waals surface area (Å²) in [6.07, 6.45) is 3.30. The van der Waals surface area contributed by atoms with Crippen LogP contribution in [-0.2, 0) is 0 Å². The summed E-state index contributed by atoms with van der Waals surface area (Å²) < 4.78 is 0. The molecular weight excluding hydrogens is 550 g/mol. The summed E-state index contributed by atoms with van der Waals surface area (Å²) in [5.41, 5.74) is 15.0. The van der Waals surface area contributed by atoms with Crippen LogP contribution in [0, 0.1) is 55.8 Å². The van der Waals surface area contributed by atoms with Crippen LogP contribution in [0.4, 0.5) is 5.82 Å². The number of anilines is 1. The molecule has 5 nitrogen and oxygen atoms in total. The minimum absolute atomic E-state index is 0.220. The first kappa shape index (κ1) is 28.8. The van der Waals surface area contributed by atoms with E-state index in [1.807, 2.05) is 68.4 Å². The number of nitrogens with zero attached hydrogens (tertiary/aromatic N) is 4. The maximum Gasteiger partial charge on any atom is 0.159 e. The number of halogens is 1. The normalized spacial score (nSPS) is 10.0. The van der Waals surface area contributed by atoms with Crippen molar-refractivity contribution in [2.45, 2.75) is 20.8 Å². The lowest BCUT2D eigenvalue weighted by molar-refractivity contribution is 1.25. The zero-order valence-electron chi connectivity index (χ0n) is 23.9. The molecule has 0 spiro atoms. The Bertz CT molecular complexity index is 2140. The van der Waals surface area contributed by atoms with Crippen LogP contribution in [0.15, 0.2) is 91.3 Å². The van der Waals surface area contributed by atoms with Crippen molar-refractivity contribution in [3.63, 3.8) is 0 Å². The summed E-state index contributed by atoms with van der Waals surface area (Å²) in [4.78, 5) is 12.9. The fraction of sp³-hybridized carbons (Fsp3) is 0.0811. The van der Waals surface area contributed by atoms with Gasteiger partial charge in [-0.25, -0.2) is 9.97 Å². The van der Waals surface area contributed by atoms with E-state index < -0.39 is 0 Å². The number of nitrogen functional groups attached to an aromatic ring is 1. The molecule has 206 valence electrons. The van der Waals surface area contributed by atoms with Crippen molar-refractivity contribution in [3.8, 4) is 29.8 Å². The van der Waals surface area contributed by atoms with E-state index in [9.17, 15) is 0 Å². The SMILES string of the molecule is Cc1ccc(C#Cc2cnc(C#N)c(Cl)c2)cc1.Cc1ccc(C#Cc2cnc3c(N)nc4cc(C)ccc4c3c2)cc1. The average molecular weight is 576 g/mol. The van der Waals surface area contributed by atoms with Crippen molar-refractivity contribution in [1.29, 1.82) is 5.26 Å². The molecule has 0 aliphatic carbocycles. The van der Waals surface area contributed by atoms with Crippen LogP contribution in [0.3, 0.4) is 0 Å². The lowest BCUT2D eigenvalue weighted by Gasteiger charge is -2.07. The second-order valence-electron chi connectivity index (χ2n) is 10.0. The highest BCUT2D eigenvalue weighted by Gasteiger charge is 2.08. The third kappa shape index (κ3) is 7.16. The molecule has 3 aromatic carbocycles. The molecule has 0 fully saturated rings. The van der Waals surface area contributed by atoms with E-state index in [0.717, 1.165) is 44.1 Å². The number of aryl methyl sites for hydroxylation is 3. The van der Waals surface area contributed by atoms with Crippen molar-refractivity contribution in [3.05, 3.63) is 141 Å². The number of hydrogen-bond acceptors (Lipinski definition) is 5. The van der Waals surface area contributed by atoms with Crippen molar-refractivity contribution >= 4 is 39.2 Å². The summed E-state index contributed by atoms with van der Waals surface area (Å²) in [5, 5.41) is 11.1. The Morgan fingerprint density at radius 1 is 0.628 bits per heavy atom. The van der Waals surface area contributed by atoms with Crippen molar-refractivity contribution in [2.24, 2.45) is 0 Å². The number of hydrogen-bond donors (Lipinski definition) is 1. The Balaban J connectivity index is 0.000000181. The molecule has 2 N–H and O–H groups in total. The van der Waals surface area contributed by atoms with Gasteiger partial charge in [0.25, 0.3) is 0 Å². The smallest absolute Gasteiger partial charge is 0.159 e. The molecular formula is C37H26ClN5. The van der Waals surface area contributed by atoms with Crippen LogP contribution in [0.2, 0.25) is 5.02 Å². The first-order valence-electron chi connectivity index (χ1n) is 13.5. The van der Waals surface area contributed by atoms with E-state index >= 15 is 0 Å². The van der Waals surface area contributed by atoms with Gasteiger partial charge in [0.15, 0.2) is 11.5 Å². The molecule has 3 heterocycles. The van der Waals surface area contributed by atoms with E-state index in [-0.39, 0.29) is 5.69 Å². The predicted molar refractivity (Wildman–Crippen MR) is 174 cm³/mol. The van der Waals surface area contributed by atoms with Crippen LogP contribution in [0.25, 0.3) is 21.8 Å². The van der Waals surface area contributed by atoms with E-state index in [1.165, 1.54) is 11.1 Å². The second-order valence-corrected chi connectivity index (χ2v) is 10.4. The fourth-order valence-electron chi connectivity index (χ4n) is 4.24. The highest BCUT2D eigenvalue weighted by Crippen LogP contribution is 2.27. The Kier molecular flexibility index (Phi) is 8.64. The molecule has 43 heavy (non-hydrogen) atoms. The van der Waals surface area contributed by atoms with Crippen molar-refractivity contribution in [1.82, 2.24) is 15.0 Å². The summed E-state index contributed by atoms with van der Waals surface area (Å²) in [5.74, 6) is 12.8. The van der Waals surface area contributed by atoms with Gasteiger partial charge in [0.2, 0.25) is 0 Å². The zero-order chi connectivity index (χ0) is 30.3. The largest absolute Gasteiger partial charge is 0.382 e. The lowest BCUT2D eigenvalue weighted by atomic mass is 10.1. The molecule has 0 aliphatic heterocycles. The molecule has 0 bridgehead atoms. The van der Waals surface area contributed by atoms with Gasteiger partial charge < -0.3 is 5.73 Å². The molecule has 0 atom stereocenters. The monoisotopic (exact) mass is 575 g/mol. The quantitative estimate of drug-likeness (QED) is 0.148. The molecule has 0 radical (unpaired) electrons. The van der Waals surface area contributed by atoms with Gasteiger partial charge in [-0.05, 0) is 68.8 Å². The van der Waals surface area contributed by atoms with Gasteiger partial charge in [-0.15, -0.1) is 0 Å². The summed E-state index contributed by atoms with van der Waals surface area (Å²) in [6, 6.07) is 27.9. The zero-order valence-corrected chi connectivity index (χ0v) is 24.7. The van der Waals surface area contributed by atoms with Crippen LogP contribution in [0.5, 0.6) is 0 Å². The standard InChI is InChI=1S/C22H17N3.C15H9ClN2/c1-14-3-6-16(7-4-14)8-9-17-12-19-18-10-5-15(2)11-20(18)25-22(23)21(19)24-13-17;1-11-2-4-12(5-3-11)6-7-13-8-14(16)15(9-17)18-10-13/h3-7,10-13H,1-2H3,(H2,23,25);2-5,8,10H,1H3. The number of nitriles is 1. The molecule has 6 heteroatoms. The van der Waals surface area contributed by atoms with Gasteiger partial charge in [-0.1, -0.05) is 82.8 Å². The fourth-order valence-corrected chi connectivity index (χ4v) is 4.45. The summed E-state index contributed by atoms with van der Waals surface area (Å²) in [6.45, 7) is 6.14. The Morgan fingerprint density at radius 2 is 1.16 bits per heavy atom. The summed E-state index contributed by atoms with van der Waals surface area (Å²) >= 11 is 5.88. The van der Waals surface area contributed by atoms with Crippen molar-refractivity contribution in [2.75, 3.05) is 5.73 Å². The number of rotatable bonds is 0. The number of nitrogens with two attached hydrogens (primary N) is 1. The van der Waals surface area contributed by atoms with Crippen molar-refractivity contribution < 1.29 is 0 Å². The third-order valence-corrected chi connectivity index (χ3v) is 6.86. The predicted octanol–water partition coefficient (Wildman–Crippen LogP) is 7.70. The number of fused-ring (bicyclic) bond motifs is 3. The second kappa shape index (κ2) is 12.9. The first-order valence-corrected chi connectivity index (χ1v) is 13.9. The van der Waals surface area contributed by atoms with Crippen LogP contribution in [-0.4, -0.2) is 15.0 Å². The molecule has 0 amide bonds. The van der Waals surface area contributed by atoms with Gasteiger partial charge in [0.05, 0.1) is 10.5 Å². The number of pyridine rings is 3. The van der Waals surface area contributed by atoms with E-state index in [1.54, 1.807) is 18.5 Å². The highest BCUT2D eigenvalue weighted by atomic mass is 35.5. The Morgan fingerprint density at radius 3 is 1.74 bits per heavy atom. The van der Waals surface area contributed by atoms with Crippen LogP contribution < -0.4 is 5.73 Å². The molecule has 3 aromatic heterocycles. The first-order chi connectivity index (χ1) is 20.8. The molecule has 0 saturated heterocycles. The Hall–Kier alpha value is -5.67. The van der Waals surface area contributed by atoms with Crippen LogP contribution in [0.1, 0.15) is 44.6 Å². The van der Waals surface area contributed by atoms with Gasteiger partial charge in [0.1, 0.15) is 11.6 Å². The Labute approximate surface area is 256 Å². The molecule has 0 saturated carbocycles. The van der Waals surface area contributed by atoms with Gasteiger partial charge in [0, 0.05) is 45.4 Å². The van der Waals surface area contributed by atoms with E-state index in [4.69, 9.17) is 22.6 Å². The maximum atomic E-state index is 8.71. The molecule has 0 aliphatic rings. The lowest BCUT2D eigenvalue weighted by Crippen LogP contribution is -1.96. The topological polar surface area (TPSA) is 88.5 Å². The number of aromatic nitrogens is 3. The minimum atomic E-state index is 0.220. The maximum absolute atomic E-state index is 8.71. The van der Waals surface area contributed by atoms with Gasteiger partial charge in [-0.2, -0.15) is 5.26 Å². The minimum Gasteiger partial charge on any atom is -0.382 e. The van der Waals surface area contributed by atoms with Gasteiger partial charge in [-0.3, -0.25) is 4.98 Å². The molecule has 6 aromatic rings. The highest BCUT2D eigenvalue weighted by molar-refractivity contribution is 6.31. The molecule has 0 unspecified atom stereocenters.